The number of hydrogen-bond acceptors (Lipinski definition) is 4. The summed E-state index contributed by atoms with van der Waals surface area (Å²) in [6.45, 7) is 1.63. The van der Waals surface area contributed by atoms with Crippen LogP contribution in [0.3, 0.4) is 0 Å². The lowest BCUT2D eigenvalue weighted by Crippen LogP contribution is -2.51. The SMILES string of the molecule is C[C@]1(C(=O)Nc2cncc3ccccc23)CNS(=O)(=O)c2ccc(Cl)cc21. The fourth-order valence-electron chi connectivity index (χ4n) is 3.26. The Hall–Kier alpha value is -2.48. The molecule has 27 heavy (non-hydrogen) atoms. The standard InChI is InChI=1S/C19H16ClN3O3S/c1-19(11-22-27(25,26)17-7-6-13(20)8-15(17)19)18(24)23-16-10-21-9-12-4-2-3-5-14(12)16/h2-10,22H,11H2,1H3,(H,23,24)/t19-/m0/s1. The molecule has 2 heterocycles. The van der Waals surface area contributed by atoms with Gasteiger partial charge in [-0.15, -0.1) is 0 Å². The Kier molecular flexibility index (Phi) is 4.18. The van der Waals surface area contributed by atoms with Crippen LogP contribution in [0.1, 0.15) is 12.5 Å². The van der Waals surface area contributed by atoms with Crippen LogP contribution in [-0.2, 0) is 20.2 Å². The third-order valence-corrected chi connectivity index (χ3v) is 6.55. The second kappa shape index (κ2) is 6.30. The molecular weight excluding hydrogens is 386 g/mol. The number of pyridine rings is 1. The topological polar surface area (TPSA) is 88.2 Å². The summed E-state index contributed by atoms with van der Waals surface area (Å²) in [4.78, 5) is 17.4. The summed E-state index contributed by atoms with van der Waals surface area (Å²) in [5.41, 5.74) is -0.182. The number of hydrogen-bond donors (Lipinski definition) is 2. The van der Waals surface area contributed by atoms with E-state index in [4.69, 9.17) is 11.6 Å². The molecule has 3 aromatic rings. The molecule has 0 fully saturated rings. The summed E-state index contributed by atoms with van der Waals surface area (Å²) in [5, 5.41) is 5.03. The lowest BCUT2D eigenvalue weighted by atomic mass is 9.81. The van der Waals surface area contributed by atoms with Crippen LogP contribution < -0.4 is 10.0 Å². The normalized spacial score (nSPS) is 20.8. The molecule has 0 saturated heterocycles. The Labute approximate surface area is 161 Å². The fourth-order valence-corrected chi connectivity index (χ4v) is 4.89. The van der Waals surface area contributed by atoms with Crippen LogP contribution in [-0.4, -0.2) is 25.9 Å². The highest BCUT2D eigenvalue weighted by Crippen LogP contribution is 2.36. The molecular formula is C19H16ClN3O3S. The van der Waals surface area contributed by atoms with Gasteiger partial charge in [0.1, 0.15) is 0 Å². The minimum Gasteiger partial charge on any atom is -0.323 e. The van der Waals surface area contributed by atoms with E-state index in [0.717, 1.165) is 10.8 Å². The summed E-state index contributed by atoms with van der Waals surface area (Å²) < 4.78 is 27.1. The molecule has 1 aliphatic heterocycles. The number of rotatable bonds is 2. The van der Waals surface area contributed by atoms with Gasteiger partial charge in [-0.1, -0.05) is 35.9 Å². The largest absolute Gasteiger partial charge is 0.323 e. The molecule has 6 nitrogen and oxygen atoms in total. The molecule has 0 aliphatic carbocycles. The summed E-state index contributed by atoms with van der Waals surface area (Å²) in [7, 11) is -3.67. The molecule has 2 aromatic carbocycles. The van der Waals surface area contributed by atoms with E-state index >= 15 is 0 Å². The highest BCUT2D eigenvalue weighted by Gasteiger charge is 2.44. The van der Waals surface area contributed by atoms with Crippen molar-refractivity contribution in [2.45, 2.75) is 17.2 Å². The molecule has 4 rings (SSSR count). The van der Waals surface area contributed by atoms with E-state index in [1.807, 2.05) is 24.3 Å². The van der Waals surface area contributed by atoms with E-state index in [2.05, 4.69) is 15.0 Å². The van der Waals surface area contributed by atoms with Gasteiger partial charge >= 0.3 is 0 Å². The lowest BCUT2D eigenvalue weighted by Gasteiger charge is -2.34. The smallest absolute Gasteiger partial charge is 0.240 e. The van der Waals surface area contributed by atoms with Gasteiger partial charge in [-0.2, -0.15) is 0 Å². The average Bonchev–Trinajstić information content (AvgIpc) is 2.65. The molecule has 1 atom stereocenters. The molecule has 0 bridgehead atoms. The summed E-state index contributed by atoms with van der Waals surface area (Å²) >= 11 is 6.08. The number of benzene rings is 2. The van der Waals surface area contributed by atoms with E-state index in [-0.39, 0.29) is 17.3 Å². The van der Waals surface area contributed by atoms with Crippen molar-refractivity contribution in [2.75, 3.05) is 11.9 Å². The van der Waals surface area contributed by atoms with E-state index in [1.165, 1.54) is 18.2 Å². The number of nitrogens with one attached hydrogen (secondary N) is 2. The molecule has 0 unspecified atom stereocenters. The van der Waals surface area contributed by atoms with Gasteiger partial charge in [-0.25, -0.2) is 13.1 Å². The van der Waals surface area contributed by atoms with Crippen LogP contribution in [0.15, 0.2) is 59.8 Å². The Bertz CT molecular complexity index is 1170. The zero-order valence-electron chi connectivity index (χ0n) is 14.4. The highest BCUT2D eigenvalue weighted by atomic mass is 35.5. The van der Waals surface area contributed by atoms with Crippen molar-refractivity contribution < 1.29 is 13.2 Å². The van der Waals surface area contributed by atoms with E-state index in [1.54, 1.807) is 19.3 Å². The van der Waals surface area contributed by atoms with Crippen molar-refractivity contribution in [3.63, 3.8) is 0 Å². The third kappa shape index (κ3) is 2.97. The maximum Gasteiger partial charge on any atom is 0.240 e. The summed E-state index contributed by atoms with van der Waals surface area (Å²) in [6, 6.07) is 12.0. The molecule has 0 spiro atoms. The van der Waals surface area contributed by atoms with Crippen molar-refractivity contribution in [2.24, 2.45) is 0 Å². The molecule has 8 heteroatoms. The maximum atomic E-state index is 13.2. The van der Waals surface area contributed by atoms with E-state index in [0.29, 0.717) is 16.3 Å². The first-order valence-corrected chi connectivity index (χ1v) is 10.1. The highest BCUT2D eigenvalue weighted by molar-refractivity contribution is 7.89. The zero-order chi connectivity index (χ0) is 19.2. The minimum atomic E-state index is -3.67. The quantitative estimate of drug-likeness (QED) is 0.690. The fraction of sp³-hybridized carbons (Fsp3) is 0.158. The Morgan fingerprint density at radius 2 is 2.00 bits per heavy atom. The molecule has 1 aromatic heterocycles. The van der Waals surface area contributed by atoms with Crippen molar-refractivity contribution >= 4 is 44.0 Å². The maximum absolute atomic E-state index is 13.2. The summed E-state index contributed by atoms with van der Waals surface area (Å²) in [5.74, 6) is -0.341. The number of carbonyl (C=O) groups is 1. The minimum absolute atomic E-state index is 0.0619. The first-order chi connectivity index (χ1) is 12.8. The Morgan fingerprint density at radius 1 is 1.22 bits per heavy atom. The molecule has 2 N–H and O–H groups in total. The number of halogens is 1. The van der Waals surface area contributed by atoms with Gasteiger partial charge in [0.2, 0.25) is 15.9 Å². The Balaban J connectivity index is 1.79. The molecule has 0 radical (unpaired) electrons. The number of nitrogens with zero attached hydrogens (tertiary/aromatic N) is 1. The molecule has 138 valence electrons. The van der Waals surface area contributed by atoms with Crippen LogP contribution >= 0.6 is 11.6 Å². The average molecular weight is 402 g/mol. The first kappa shape index (κ1) is 17.9. The van der Waals surface area contributed by atoms with Gasteiger partial charge in [0.05, 0.1) is 22.2 Å². The number of amides is 1. The van der Waals surface area contributed by atoms with Gasteiger partial charge in [0.15, 0.2) is 0 Å². The second-order valence-corrected chi connectivity index (χ2v) is 8.83. The van der Waals surface area contributed by atoms with Crippen LogP contribution in [0.2, 0.25) is 5.02 Å². The van der Waals surface area contributed by atoms with E-state index < -0.39 is 15.4 Å². The number of carbonyl (C=O) groups excluding carboxylic acids is 1. The molecule has 1 aliphatic rings. The van der Waals surface area contributed by atoms with Crippen molar-refractivity contribution in [3.8, 4) is 0 Å². The van der Waals surface area contributed by atoms with Gasteiger partial charge in [-0.3, -0.25) is 9.78 Å². The third-order valence-electron chi connectivity index (χ3n) is 4.86. The summed E-state index contributed by atoms with van der Waals surface area (Å²) in [6.07, 6.45) is 3.30. The second-order valence-electron chi connectivity index (χ2n) is 6.66. The van der Waals surface area contributed by atoms with Crippen LogP contribution in [0, 0.1) is 0 Å². The number of anilines is 1. The van der Waals surface area contributed by atoms with Gasteiger partial charge in [-0.05, 0) is 30.7 Å². The molecule has 0 saturated carbocycles. The lowest BCUT2D eigenvalue weighted by molar-refractivity contribution is -0.120. The van der Waals surface area contributed by atoms with Crippen molar-refractivity contribution in [1.82, 2.24) is 9.71 Å². The number of sulfonamides is 1. The Morgan fingerprint density at radius 3 is 2.81 bits per heavy atom. The van der Waals surface area contributed by atoms with E-state index in [9.17, 15) is 13.2 Å². The first-order valence-electron chi connectivity index (χ1n) is 8.25. The van der Waals surface area contributed by atoms with Crippen molar-refractivity contribution in [1.29, 1.82) is 0 Å². The van der Waals surface area contributed by atoms with Gasteiger partial charge < -0.3 is 5.32 Å². The van der Waals surface area contributed by atoms with Gasteiger partial charge in [0.25, 0.3) is 0 Å². The predicted octanol–water partition coefficient (Wildman–Crippen LogP) is 3.08. The zero-order valence-corrected chi connectivity index (χ0v) is 15.9. The van der Waals surface area contributed by atoms with Crippen LogP contribution in [0.25, 0.3) is 10.8 Å². The van der Waals surface area contributed by atoms with Crippen LogP contribution in [0.4, 0.5) is 5.69 Å². The predicted molar refractivity (Wildman–Crippen MR) is 104 cm³/mol. The monoisotopic (exact) mass is 401 g/mol. The number of fused-ring (bicyclic) bond motifs is 2. The van der Waals surface area contributed by atoms with Crippen LogP contribution in [0.5, 0.6) is 0 Å². The molecule has 1 amide bonds. The van der Waals surface area contributed by atoms with Gasteiger partial charge in [0, 0.05) is 28.5 Å². The number of aromatic nitrogens is 1. The van der Waals surface area contributed by atoms with Crippen molar-refractivity contribution in [3.05, 3.63) is 65.4 Å².